The van der Waals surface area contributed by atoms with Crippen LogP contribution in [0.25, 0.3) is 0 Å². The quantitative estimate of drug-likeness (QED) is 0.755. The summed E-state index contributed by atoms with van der Waals surface area (Å²) in [6.45, 7) is 0.605. The van der Waals surface area contributed by atoms with Crippen LogP contribution in [0.2, 0.25) is 0 Å². The summed E-state index contributed by atoms with van der Waals surface area (Å²) in [4.78, 5) is 11.9. The van der Waals surface area contributed by atoms with Gasteiger partial charge in [-0.3, -0.25) is 4.79 Å². The molecule has 1 aromatic carbocycles. The SMILES string of the molecule is Cl.NC(CNC(=O)CCc1cccc(OC2CCCC2)c1)C1CC1. The summed E-state index contributed by atoms with van der Waals surface area (Å²) in [6, 6.07) is 8.28. The summed E-state index contributed by atoms with van der Waals surface area (Å²) in [6.07, 6.45) is 8.91. The van der Waals surface area contributed by atoms with E-state index in [1.54, 1.807) is 0 Å². The third kappa shape index (κ3) is 5.99. The number of benzene rings is 1. The fraction of sp³-hybridized carbons (Fsp3) is 0.632. The molecule has 0 aliphatic heterocycles. The van der Waals surface area contributed by atoms with Crippen molar-refractivity contribution in [2.45, 2.75) is 63.5 Å². The van der Waals surface area contributed by atoms with E-state index in [1.807, 2.05) is 12.1 Å². The molecule has 2 aliphatic carbocycles. The average Bonchev–Trinajstić information content (AvgIpc) is 3.29. The zero-order chi connectivity index (χ0) is 16.1. The second kappa shape index (κ2) is 9.28. The number of halogens is 1. The number of hydrogen-bond donors (Lipinski definition) is 2. The standard InChI is InChI=1S/C19H28N2O2.ClH/c20-18(15-9-10-15)13-21-19(22)11-8-14-4-3-7-17(12-14)23-16-5-1-2-6-16;/h3-4,7,12,15-16,18H,1-2,5-6,8-11,13,20H2,(H,21,22);1H. The van der Waals surface area contributed by atoms with Crippen LogP contribution in [0.3, 0.4) is 0 Å². The summed E-state index contributed by atoms with van der Waals surface area (Å²) in [5.41, 5.74) is 7.16. The first kappa shape index (κ1) is 19.1. The van der Waals surface area contributed by atoms with E-state index in [0.29, 0.717) is 25.0 Å². The topological polar surface area (TPSA) is 64.3 Å². The van der Waals surface area contributed by atoms with Gasteiger partial charge in [-0.05, 0) is 68.6 Å². The maximum absolute atomic E-state index is 11.9. The van der Waals surface area contributed by atoms with Crippen molar-refractivity contribution in [2.24, 2.45) is 11.7 Å². The van der Waals surface area contributed by atoms with Gasteiger partial charge in [0, 0.05) is 19.0 Å². The Morgan fingerprint density at radius 1 is 1.25 bits per heavy atom. The zero-order valence-corrected chi connectivity index (χ0v) is 15.0. The normalized spacial score (nSPS) is 18.7. The maximum Gasteiger partial charge on any atom is 0.220 e. The van der Waals surface area contributed by atoms with Crippen molar-refractivity contribution in [3.63, 3.8) is 0 Å². The minimum absolute atomic E-state index is 0. The van der Waals surface area contributed by atoms with E-state index < -0.39 is 0 Å². The number of carbonyl (C=O) groups is 1. The Morgan fingerprint density at radius 3 is 2.71 bits per heavy atom. The van der Waals surface area contributed by atoms with Crippen LogP contribution in [0.15, 0.2) is 24.3 Å². The molecule has 3 N–H and O–H groups in total. The third-order valence-electron chi connectivity index (χ3n) is 4.91. The van der Waals surface area contributed by atoms with Gasteiger partial charge < -0.3 is 15.8 Å². The predicted molar refractivity (Wildman–Crippen MR) is 98.6 cm³/mol. The van der Waals surface area contributed by atoms with Gasteiger partial charge in [-0.2, -0.15) is 0 Å². The molecule has 1 unspecified atom stereocenters. The van der Waals surface area contributed by atoms with Crippen molar-refractivity contribution in [2.75, 3.05) is 6.54 Å². The number of rotatable bonds is 8. The predicted octanol–water partition coefficient (Wildman–Crippen LogP) is 3.22. The van der Waals surface area contributed by atoms with Crippen molar-refractivity contribution >= 4 is 18.3 Å². The first-order valence-corrected chi connectivity index (χ1v) is 8.98. The van der Waals surface area contributed by atoms with Crippen LogP contribution < -0.4 is 15.8 Å². The second-order valence-corrected chi connectivity index (χ2v) is 6.98. The van der Waals surface area contributed by atoms with Gasteiger partial charge in [-0.15, -0.1) is 12.4 Å². The van der Waals surface area contributed by atoms with Gasteiger partial charge in [0.15, 0.2) is 0 Å². The molecule has 0 aromatic heterocycles. The molecule has 1 atom stereocenters. The van der Waals surface area contributed by atoms with Gasteiger partial charge in [0.2, 0.25) is 5.91 Å². The number of hydrogen-bond acceptors (Lipinski definition) is 3. The fourth-order valence-corrected chi connectivity index (χ4v) is 3.24. The largest absolute Gasteiger partial charge is 0.490 e. The van der Waals surface area contributed by atoms with Crippen molar-refractivity contribution in [3.8, 4) is 5.75 Å². The smallest absolute Gasteiger partial charge is 0.220 e. The van der Waals surface area contributed by atoms with Crippen molar-refractivity contribution in [1.82, 2.24) is 5.32 Å². The lowest BCUT2D eigenvalue weighted by molar-refractivity contribution is -0.121. The van der Waals surface area contributed by atoms with Crippen LogP contribution in [0.4, 0.5) is 0 Å². The molecule has 5 heteroatoms. The van der Waals surface area contributed by atoms with Crippen LogP contribution in [0.1, 0.15) is 50.5 Å². The Bertz CT molecular complexity index is 528. The first-order chi connectivity index (χ1) is 11.2. The van der Waals surface area contributed by atoms with Crippen LogP contribution in [-0.4, -0.2) is 24.6 Å². The van der Waals surface area contributed by atoms with E-state index in [4.69, 9.17) is 10.5 Å². The molecule has 2 saturated carbocycles. The first-order valence-electron chi connectivity index (χ1n) is 8.98. The van der Waals surface area contributed by atoms with Gasteiger partial charge in [-0.25, -0.2) is 0 Å². The molecular weight excluding hydrogens is 324 g/mol. The number of amides is 1. The molecule has 1 aromatic rings. The number of nitrogens with two attached hydrogens (primary N) is 1. The maximum atomic E-state index is 11.9. The number of carbonyl (C=O) groups excluding carboxylic acids is 1. The Hall–Kier alpha value is -1.26. The van der Waals surface area contributed by atoms with Gasteiger partial charge in [0.1, 0.15) is 5.75 Å². The monoisotopic (exact) mass is 352 g/mol. The molecule has 2 aliphatic rings. The van der Waals surface area contributed by atoms with Gasteiger partial charge in [0.25, 0.3) is 0 Å². The fourth-order valence-electron chi connectivity index (χ4n) is 3.24. The van der Waals surface area contributed by atoms with Gasteiger partial charge in [0.05, 0.1) is 6.10 Å². The molecule has 0 saturated heterocycles. The van der Waals surface area contributed by atoms with Crippen LogP contribution in [0, 0.1) is 5.92 Å². The average molecular weight is 353 g/mol. The van der Waals surface area contributed by atoms with E-state index in [-0.39, 0.29) is 24.4 Å². The molecule has 134 valence electrons. The molecule has 0 bridgehead atoms. The van der Waals surface area contributed by atoms with Crippen molar-refractivity contribution < 1.29 is 9.53 Å². The second-order valence-electron chi connectivity index (χ2n) is 6.98. The number of ether oxygens (including phenoxy) is 1. The van der Waals surface area contributed by atoms with E-state index in [2.05, 4.69) is 17.4 Å². The van der Waals surface area contributed by atoms with Crippen molar-refractivity contribution in [3.05, 3.63) is 29.8 Å². The van der Waals surface area contributed by atoms with E-state index in [1.165, 1.54) is 25.7 Å². The Labute approximate surface area is 150 Å². The highest BCUT2D eigenvalue weighted by atomic mass is 35.5. The summed E-state index contributed by atoms with van der Waals surface area (Å²) >= 11 is 0. The Morgan fingerprint density at radius 2 is 2.00 bits per heavy atom. The van der Waals surface area contributed by atoms with Gasteiger partial charge >= 0.3 is 0 Å². The van der Waals surface area contributed by atoms with Crippen LogP contribution >= 0.6 is 12.4 Å². The molecule has 1 amide bonds. The molecule has 0 radical (unpaired) electrons. The summed E-state index contributed by atoms with van der Waals surface area (Å²) in [7, 11) is 0. The zero-order valence-electron chi connectivity index (χ0n) is 14.2. The molecule has 4 nitrogen and oxygen atoms in total. The molecule has 0 spiro atoms. The van der Waals surface area contributed by atoms with E-state index in [0.717, 1.165) is 30.6 Å². The minimum atomic E-state index is 0. The lowest BCUT2D eigenvalue weighted by atomic mass is 10.1. The highest BCUT2D eigenvalue weighted by Crippen LogP contribution is 2.31. The van der Waals surface area contributed by atoms with E-state index in [9.17, 15) is 4.79 Å². The number of aryl methyl sites for hydroxylation is 1. The third-order valence-corrected chi connectivity index (χ3v) is 4.91. The molecule has 0 heterocycles. The lowest BCUT2D eigenvalue weighted by Gasteiger charge is -2.14. The minimum Gasteiger partial charge on any atom is -0.490 e. The highest BCUT2D eigenvalue weighted by molar-refractivity contribution is 5.85. The summed E-state index contributed by atoms with van der Waals surface area (Å²) in [5.74, 6) is 1.65. The summed E-state index contributed by atoms with van der Waals surface area (Å²) in [5, 5.41) is 2.95. The Balaban J connectivity index is 0.00000208. The van der Waals surface area contributed by atoms with Crippen LogP contribution in [0.5, 0.6) is 5.75 Å². The van der Waals surface area contributed by atoms with Crippen molar-refractivity contribution in [1.29, 1.82) is 0 Å². The lowest BCUT2D eigenvalue weighted by Crippen LogP contribution is -2.38. The van der Waals surface area contributed by atoms with Gasteiger partial charge in [-0.1, -0.05) is 12.1 Å². The molecule has 24 heavy (non-hydrogen) atoms. The molecular formula is C19H29ClN2O2. The number of nitrogens with one attached hydrogen (secondary N) is 1. The highest BCUT2D eigenvalue weighted by Gasteiger charge is 2.28. The van der Waals surface area contributed by atoms with Crippen LogP contribution in [-0.2, 0) is 11.2 Å². The summed E-state index contributed by atoms with van der Waals surface area (Å²) < 4.78 is 6.02. The molecule has 3 rings (SSSR count). The van der Waals surface area contributed by atoms with E-state index >= 15 is 0 Å². The Kier molecular flexibility index (Phi) is 7.38. The molecule has 2 fully saturated rings.